The number of fused-ring (bicyclic) bond motifs is 2. The van der Waals surface area contributed by atoms with Crippen molar-refractivity contribution in [2.45, 2.75) is 123 Å². The molecule has 248 valence electrons. The summed E-state index contributed by atoms with van der Waals surface area (Å²) in [5.74, 6) is 0.772. The van der Waals surface area contributed by atoms with E-state index < -0.39 is 0 Å². The lowest BCUT2D eigenvalue weighted by atomic mass is 9.99. The molecule has 6 atom stereocenters. The number of ether oxygens (including phenoxy) is 2. The van der Waals surface area contributed by atoms with E-state index in [0.717, 1.165) is 11.1 Å². The molecule has 0 amide bonds. The lowest BCUT2D eigenvalue weighted by molar-refractivity contribution is -0.929. The van der Waals surface area contributed by atoms with Crippen LogP contribution in [-0.2, 0) is 19.1 Å². The number of rotatable bonds is 16. The topological polar surface area (TPSA) is 52.6 Å². The zero-order valence-corrected chi connectivity index (χ0v) is 30.8. The fraction of sp³-hybridized carbons (Fsp3) is 0.829. The fourth-order valence-corrected chi connectivity index (χ4v) is 9.10. The van der Waals surface area contributed by atoms with Gasteiger partial charge in [0.1, 0.15) is 13.2 Å². The van der Waals surface area contributed by atoms with Crippen molar-refractivity contribution in [2.24, 2.45) is 11.8 Å². The summed E-state index contributed by atoms with van der Waals surface area (Å²) in [7, 11) is 0. The Morgan fingerprint density at radius 2 is 0.953 bits per heavy atom. The Bertz CT molecular complexity index is 874. The van der Waals surface area contributed by atoms with Crippen LogP contribution in [0.25, 0.3) is 0 Å². The summed E-state index contributed by atoms with van der Waals surface area (Å²) < 4.78 is 13.9. The minimum atomic E-state index is -0.167. The van der Waals surface area contributed by atoms with Gasteiger partial charge in [-0.05, 0) is 53.4 Å². The van der Waals surface area contributed by atoms with Crippen molar-refractivity contribution in [3.8, 4) is 0 Å². The van der Waals surface area contributed by atoms with E-state index in [-0.39, 0.29) is 45.9 Å². The van der Waals surface area contributed by atoms with Crippen LogP contribution in [0.2, 0.25) is 0 Å². The number of carbonyl (C=O) groups is 2. The Balaban J connectivity index is 0.00000323. The maximum Gasteiger partial charge on any atom is 0.330 e. The highest BCUT2D eigenvalue weighted by molar-refractivity contribution is 5.82. The minimum absolute atomic E-state index is 0. The molecule has 43 heavy (non-hydrogen) atoms. The molecule has 0 aromatic rings. The van der Waals surface area contributed by atoms with Gasteiger partial charge in [0.25, 0.3) is 0 Å². The monoisotopic (exact) mass is 730 g/mol. The molecular formula is C35H60Br2N2O4. The normalized spacial score (nSPS) is 30.4. The van der Waals surface area contributed by atoms with Crippen molar-refractivity contribution in [3.05, 3.63) is 23.3 Å². The number of unbranched alkanes of at least 4 members (excludes halogenated alkanes) is 6. The zero-order valence-electron chi connectivity index (χ0n) is 27.6. The van der Waals surface area contributed by atoms with E-state index in [2.05, 4.69) is 0 Å². The van der Waals surface area contributed by atoms with Crippen molar-refractivity contribution < 1.29 is 62.0 Å². The first-order chi connectivity index (χ1) is 19.7. The number of quaternary nitrogens is 2. The number of carbonyl (C=O) groups excluding carboxylic acids is 2. The van der Waals surface area contributed by atoms with Gasteiger partial charge in [0.15, 0.2) is 0 Å². The molecule has 0 bridgehead atoms. The Morgan fingerprint density at radius 1 is 0.581 bits per heavy atom. The van der Waals surface area contributed by atoms with E-state index in [9.17, 15) is 9.59 Å². The number of esters is 2. The third-order valence-electron chi connectivity index (χ3n) is 11.0. The summed E-state index contributed by atoms with van der Waals surface area (Å²) in [6, 6.07) is 1.43. The molecule has 4 aliphatic rings. The number of hydrogen-bond acceptors (Lipinski definition) is 4. The van der Waals surface area contributed by atoms with Crippen LogP contribution in [0.4, 0.5) is 0 Å². The maximum atomic E-state index is 12.0. The molecule has 0 saturated carbocycles. The molecule has 0 N–H and O–H groups in total. The van der Waals surface area contributed by atoms with E-state index in [1.165, 1.54) is 132 Å². The molecule has 0 aliphatic carbocycles. The van der Waals surface area contributed by atoms with Crippen LogP contribution in [0, 0.1) is 11.8 Å². The molecule has 6 nitrogen and oxygen atoms in total. The summed E-state index contributed by atoms with van der Waals surface area (Å²) in [5, 5.41) is 0. The van der Waals surface area contributed by atoms with E-state index in [0.29, 0.717) is 37.1 Å². The highest BCUT2D eigenvalue weighted by Gasteiger charge is 2.52. The van der Waals surface area contributed by atoms with E-state index >= 15 is 0 Å². The standard InChI is InChI=1S/C35H60N2O4.2BrH/c1-28(2)24-34(38)40-26-30-16-22-36(20-12-14-32(30)36)18-10-8-6-5-7-9-11-19-37-21-13-15-33(37)31(17-23-37)27-41-35(39)25-29(3)4;;/h24-25,30-33H,5-23,26-27H2,1-4H3;2*1H/q+2;;/p-2/t30-,31-,32+,33+,36?,37?;;/m0../s1. The minimum Gasteiger partial charge on any atom is -1.00 e. The van der Waals surface area contributed by atoms with Gasteiger partial charge in [-0.1, -0.05) is 30.4 Å². The van der Waals surface area contributed by atoms with E-state index in [1.54, 1.807) is 12.2 Å². The van der Waals surface area contributed by atoms with Crippen molar-refractivity contribution in [1.82, 2.24) is 0 Å². The maximum absolute atomic E-state index is 12.0. The Kier molecular flexibility index (Phi) is 16.5. The van der Waals surface area contributed by atoms with Gasteiger partial charge in [0.2, 0.25) is 0 Å². The second-order valence-electron chi connectivity index (χ2n) is 14.5. The summed E-state index contributed by atoms with van der Waals surface area (Å²) >= 11 is 0. The van der Waals surface area contributed by atoms with E-state index in [4.69, 9.17) is 9.47 Å². The van der Waals surface area contributed by atoms with Gasteiger partial charge in [0, 0.05) is 50.7 Å². The molecule has 4 saturated heterocycles. The highest BCUT2D eigenvalue weighted by Crippen LogP contribution is 2.42. The molecule has 0 aromatic carbocycles. The number of hydrogen-bond donors (Lipinski definition) is 0. The average molecular weight is 733 g/mol. The predicted octanol–water partition coefficient (Wildman–Crippen LogP) is 0.742. The molecular weight excluding hydrogens is 672 g/mol. The van der Waals surface area contributed by atoms with Gasteiger partial charge in [0.05, 0.1) is 63.2 Å². The van der Waals surface area contributed by atoms with Crippen molar-refractivity contribution >= 4 is 11.9 Å². The van der Waals surface area contributed by atoms with Crippen LogP contribution in [0.3, 0.4) is 0 Å². The largest absolute Gasteiger partial charge is 1.00 e. The summed E-state index contributed by atoms with van der Waals surface area (Å²) in [6.45, 7) is 16.9. The van der Waals surface area contributed by atoms with Crippen molar-refractivity contribution in [3.63, 3.8) is 0 Å². The smallest absolute Gasteiger partial charge is 0.330 e. The van der Waals surface area contributed by atoms with Crippen LogP contribution < -0.4 is 34.0 Å². The third-order valence-corrected chi connectivity index (χ3v) is 11.0. The molecule has 4 rings (SSSR count). The second kappa shape index (κ2) is 18.4. The van der Waals surface area contributed by atoms with Crippen LogP contribution >= 0.6 is 0 Å². The summed E-state index contributed by atoms with van der Waals surface area (Å²) in [4.78, 5) is 24.0. The lowest BCUT2D eigenvalue weighted by Crippen LogP contribution is -3.00. The molecule has 0 spiro atoms. The van der Waals surface area contributed by atoms with Crippen molar-refractivity contribution in [2.75, 3.05) is 52.5 Å². The van der Waals surface area contributed by atoms with Gasteiger partial charge in [-0.2, -0.15) is 0 Å². The molecule has 0 radical (unpaired) electrons. The Labute approximate surface area is 283 Å². The number of allylic oxidation sites excluding steroid dienone is 2. The van der Waals surface area contributed by atoms with Crippen LogP contribution in [0.1, 0.15) is 111 Å². The van der Waals surface area contributed by atoms with E-state index in [1.807, 2.05) is 27.7 Å². The molecule has 8 heteroatoms. The summed E-state index contributed by atoms with van der Waals surface area (Å²) in [6.07, 6.45) is 20.5. The molecule has 0 aromatic heterocycles. The van der Waals surface area contributed by atoms with Gasteiger partial charge < -0.3 is 52.4 Å². The van der Waals surface area contributed by atoms with Gasteiger partial charge in [-0.25, -0.2) is 9.59 Å². The van der Waals surface area contributed by atoms with Crippen LogP contribution in [0.5, 0.6) is 0 Å². The molecule has 2 unspecified atom stereocenters. The quantitative estimate of drug-likeness (QED) is 0.102. The predicted molar refractivity (Wildman–Crippen MR) is 165 cm³/mol. The number of halogens is 2. The van der Waals surface area contributed by atoms with Gasteiger partial charge in [-0.15, -0.1) is 0 Å². The zero-order chi connectivity index (χ0) is 29.3. The first-order valence-corrected chi connectivity index (χ1v) is 17.1. The summed E-state index contributed by atoms with van der Waals surface area (Å²) in [5.41, 5.74) is 2.01. The fourth-order valence-electron chi connectivity index (χ4n) is 9.10. The molecule has 4 heterocycles. The first-order valence-electron chi connectivity index (χ1n) is 17.1. The van der Waals surface area contributed by atoms with Crippen molar-refractivity contribution in [1.29, 1.82) is 0 Å². The second-order valence-corrected chi connectivity index (χ2v) is 14.5. The Hall–Kier alpha value is -0.700. The highest BCUT2D eigenvalue weighted by atomic mass is 79.9. The number of nitrogens with zero attached hydrogens (tertiary/aromatic N) is 2. The first kappa shape index (κ1) is 38.5. The lowest BCUT2D eigenvalue weighted by Gasteiger charge is -2.36. The SMILES string of the molecule is CC(C)=CC(=O)OC[C@@H]1CC[N+]2(CCCCCCCCC[N+]34CCC[C@@H]3[C@H](COC(=O)C=C(C)C)CC4)CCC[C@H]12.[Br-].[Br-]. The van der Waals surface area contributed by atoms with Crippen LogP contribution in [0.15, 0.2) is 23.3 Å². The molecule has 4 aliphatic heterocycles. The average Bonchev–Trinajstić information content (AvgIpc) is 3.65. The van der Waals surface area contributed by atoms with Gasteiger partial charge >= 0.3 is 11.9 Å². The molecule has 4 fully saturated rings. The van der Waals surface area contributed by atoms with Gasteiger partial charge in [-0.3, -0.25) is 0 Å². The Morgan fingerprint density at radius 3 is 1.33 bits per heavy atom. The van der Waals surface area contributed by atoms with Crippen LogP contribution in [-0.4, -0.2) is 85.5 Å². The third kappa shape index (κ3) is 10.7.